The molecule has 4 aromatic rings. The number of nitrogens with two attached hydrogens (primary N) is 2. The molecule has 0 radical (unpaired) electrons. The highest BCUT2D eigenvalue weighted by Crippen LogP contribution is 2.44. The van der Waals surface area contributed by atoms with Crippen LogP contribution in [0.5, 0.6) is 0 Å². The van der Waals surface area contributed by atoms with Gasteiger partial charge in [-0.05, 0) is 30.9 Å². The molecular weight excluding hydrogens is 477 g/mol. The fourth-order valence-corrected chi connectivity index (χ4v) is 4.17. The zero-order valence-corrected chi connectivity index (χ0v) is 18.6. The molecule has 1 aliphatic carbocycles. The molecule has 0 unspecified atom stereocenters. The molecule has 0 saturated heterocycles. The highest BCUT2D eigenvalue weighted by Gasteiger charge is 2.37. The van der Waals surface area contributed by atoms with Gasteiger partial charge in [-0.25, -0.2) is 9.55 Å². The van der Waals surface area contributed by atoms with E-state index in [0.29, 0.717) is 22.2 Å². The predicted octanol–water partition coefficient (Wildman–Crippen LogP) is 3.59. The Bertz CT molecular complexity index is 1400. The molecule has 1 fully saturated rings. The van der Waals surface area contributed by atoms with E-state index in [1.54, 1.807) is 18.2 Å². The third kappa shape index (κ3) is 3.50. The van der Waals surface area contributed by atoms with E-state index in [1.807, 2.05) is 0 Å². The van der Waals surface area contributed by atoms with E-state index in [0.717, 1.165) is 12.8 Å². The third-order valence-corrected chi connectivity index (χ3v) is 6.23. The average molecular weight is 493 g/mol. The zero-order valence-electron chi connectivity index (χ0n) is 16.3. The minimum atomic E-state index is -0.461. The topological polar surface area (TPSA) is 153 Å². The summed E-state index contributed by atoms with van der Waals surface area (Å²) >= 11 is 19.1. The molecule has 164 valence electrons. The number of hydrogen-bond acceptors (Lipinski definition) is 8. The van der Waals surface area contributed by atoms with Crippen LogP contribution in [0.1, 0.15) is 24.7 Å². The van der Waals surface area contributed by atoms with E-state index >= 15 is 0 Å². The monoisotopic (exact) mass is 491 g/mol. The number of anilines is 3. The summed E-state index contributed by atoms with van der Waals surface area (Å²) in [7, 11) is 0. The fraction of sp³-hybridized carbons (Fsp3) is 0.211. The molecule has 1 aliphatic rings. The first-order valence-corrected chi connectivity index (χ1v) is 10.7. The van der Waals surface area contributed by atoms with Crippen LogP contribution in [0.3, 0.4) is 0 Å². The number of aromatic amines is 1. The molecule has 0 spiro atoms. The van der Waals surface area contributed by atoms with Crippen molar-refractivity contribution in [1.29, 1.82) is 0 Å². The van der Waals surface area contributed by atoms with E-state index < -0.39 is 6.04 Å². The molecule has 10 nitrogen and oxygen atoms in total. The Morgan fingerprint density at radius 1 is 1.09 bits per heavy atom. The molecule has 1 atom stereocenters. The van der Waals surface area contributed by atoms with Crippen LogP contribution in [0.4, 0.5) is 17.6 Å². The Morgan fingerprint density at radius 3 is 2.53 bits per heavy atom. The van der Waals surface area contributed by atoms with Crippen molar-refractivity contribution < 1.29 is 0 Å². The Hall–Kier alpha value is -3.08. The van der Waals surface area contributed by atoms with Crippen LogP contribution in [0.25, 0.3) is 16.7 Å². The lowest BCUT2D eigenvalue weighted by Gasteiger charge is -2.23. The second kappa shape index (κ2) is 7.80. The van der Waals surface area contributed by atoms with Gasteiger partial charge in [-0.15, -0.1) is 0 Å². The number of halogens is 3. The fourth-order valence-electron chi connectivity index (χ4n) is 3.60. The number of rotatable bonds is 5. The minimum absolute atomic E-state index is 0.0313. The van der Waals surface area contributed by atoms with E-state index in [9.17, 15) is 4.79 Å². The Labute approximate surface area is 195 Å². The lowest BCUT2D eigenvalue weighted by atomic mass is 10.1. The lowest BCUT2D eigenvalue weighted by molar-refractivity contribution is 0.605. The summed E-state index contributed by atoms with van der Waals surface area (Å²) in [6.07, 6.45) is 3.36. The van der Waals surface area contributed by atoms with Crippen LogP contribution in [-0.2, 0) is 0 Å². The summed E-state index contributed by atoms with van der Waals surface area (Å²) in [6, 6.07) is 4.37. The van der Waals surface area contributed by atoms with Crippen LogP contribution in [0, 0.1) is 5.92 Å². The smallest absolute Gasteiger partial charge is 0.268 e. The van der Waals surface area contributed by atoms with Gasteiger partial charge in [0, 0.05) is 6.07 Å². The molecule has 13 heteroatoms. The van der Waals surface area contributed by atoms with Crippen molar-refractivity contribution in [3.8, 4) is 5.82 Å². The Kier molecular flexibility index (Phi) is 5.07. The summed E-state index contributed by atoms with van der Waals surface area (Å²) in [4.78, 5) is 26.4. The van der Waals surface area contributed by atoms with Crippen LogP contribution in [0.15, 0.2) is 29.2 Å². The molecule has 3 heterocycles. The molecule has 3 aromatic heterocycles. The number of nitrogens with one attached hydrogen (secondary N) is 2. The number of nitrogens with zero attached hydrogens (tertiary/aromatic N) is 5. The van der Waals surface area contributed by atoms with Crippen molar-refractivity contribution in [1.82, 2.24) is 29.7 Å². The van der Waals surface area contributed by atoms with Crippen molar-refractivity contribution in [3.05, 3.63) is 55.6 Å². The average Bonchev–Trinajstić information content (AvgIpc) is 3.45. The van der Waals surface area contributed by atoms with Gasteiger partial charge in [-0.2, -0.15) is 15.1 Å². The van der Waals surface area contributed by atoms with Gasteiger partial charge in [0.25, 0.3) is 5.56 Å². The zero-order chi connectivity index (χ0) is 22.6. The molecule has 0 amide bonds. The van der Waals surface area contributed by atoms with Gasteiger partial charge in [-0.3, -0.25) is 9.89 Å². The number of aromatic nitrogens is 6. The van der Waals surface area contributed by atoms with Gasteiger partial charge in [0.05, 0.1) is 33.2 Å². The quantitative estimate of drug-likeness (QED) is 0.329. The highest BCUT2D eigenvalue weighted by atomic mass is 35.5. The van der Waals surface area contributed by atoms with Gasteiger partial charge >= 0.3 is 0 Å². The van der Waals surface area contributed by atoms with Crippen LogP contribution in [-0.4, -0.2) is 29.7 Å². The molecule has 32 heavy (non-hydrogen) atoms. The number of hydrogen-bond donors (Lipinski definition) is 4. The number of fused-ring (bicyclic) bond motifs is 1. The van der Waals surface area contributed by atoms with E-state index in [-0.39, 0.29) is 44.5 Å². The van der Waals surface area contributed by atoms with E-state index in [1.165, 1.54) is 10.8 Å². The van der Waals surface area contributed by atoms with E-state index in [4.69, 9.17) is 51.3 Å². The first-order valence-electron chi connectivity index (χ1n) is 9.60. The standard InChI is InChI=1S/C19H16Cl3N9O/c20-8-3-4-9(21)14-11(8)18(32)31(10-5-6-25-30-10)17(27-14)13(7-1-2-7)26-16-12(22)15(23)28-19(24)29-16/h3-7,13H,1-2H2,(H,25,30)(H5,23,24,26,28,29)/t13-/m0/s1. The second-order valence-corrected chi connectivity index (χ2v) is 8.59. The number of H-pyrrole nitrogens is 1. The third-order valence-electron chi connectivity index (χ3n) is 5.24. The molecular formula is C19H16Cl3N9O. The molecule has 5 rings (SSSR count). The summed E-state index contributed by atoms with van der Waals surface area (Å²) in [5.41, 5.74) is 11.5. The van der Waals surface area contributed by atoms with E-state index in [2.05, 4.69) is 25.5 Å². The maximum atomic E-state index is 13.6. The molecule has 1 aromatic carbocycles. The lowest BCUT2D eigenvalue weighted by Crippen LogP contribution is -2.30. The maximum Gasteiger partial charge on any atom is 0.268 e. The first kappa shape index (κ1) is 20.8. The van der Waals surface area contributed by atoms with Crippen molar-refractivity contribution in [3.63, 3.8) is 0 Å². The van der Waals surface area contributed by atoms with Crippen LogP contribution in [0.2, 0.25) is 15.1 Å². The summed E-state index contributed by atoms with van der Waals surface area (Å²) in [6.45, 7) is 0. The summed E-state index contributed by atoms with van der Waals surface area (Å²) in [5, 5.41) is 10.9. The van der Waals surface area contributed by atoms with Gasteiger partial charge in [0.15, 0.2) is 5.82 Å². The van der Waals surface area contributed by atoms with Crippen molar-refractivity contribution >= 4 is 63.3 Å². The minimum Gasteiger partial charge on any atom is -0.382 e. The van der Waals surface area contributed by atoms with Crippen molar-refractivity contribution in [2.75, 3.05) is 16.8 Å². The number of benzene rings is 1. The Balaban J connectivity index is 1.77. The van der Waals surface area contributed by atoms with Crippen molar-refractivity contribution in [2.45, 2.75) is 18.9 Å². The molecule has 6 N–H and O–H groups in total. The largest absolute Gasteiger partial charge is 0.382 e. The van der Waals surface area contributed by atoms with Gasteiger partial charge in [0.2, 0.25) is 5.95 Å². The predicted molar refractivity (Wildman–Crippen MR) is 124 cm³/mol. The molecule has 1 saturated carbocycles. The molecule has 0 bridgehead atoms. The Morgan fingerprint density at radius 2 is 1.84 bits per heavy atom. The highest BCUT2D eigenvalue weighted by molar-refractivity contribution is 6.39. The maximum absolute atomic E-state index is 13.6. The normalized spacial score (nSPS) is 14.6. The summed E-state index contributed by atoms with van der Waals surface area (Å²) in [5.74, 6) is 1.23. The van der Waals surface area contributed by atoms with Gasteiger partial charge in [0.1, 0.15) is 22.5 Å². The van der Waals surface area contributed by atoms with Gasteiger partial charge in [-0.1, -0.05) is 34.8 Å². The first-order chi connectivity index (χ1) is 15.3. The second-order valence-electron chi connectivity index (χ2n) is 7.39. The summed E-state index contributed by atoms with van der Waals surface area (Å²) < 4.78 is 1.43. The van der Waals surface area contributed by atoms with Gasteiger partial charge < -0.3 is 16.8 Å². The van der Waals surface area contributed by atoms with Crippen LogP contribution >= 0.6 is 34.8 Å². The molecule has 0 aliphatic heterocycles. The SMILES string of the molecule is Nc1nc(N)c(Cl)c(N[C@H](c2nc3c(Cl)ccc(Cl)c3c(=O)n2-c2ccn[nH]2)C2CC2)n1. The van der Waals surface area contributed by atoms with Crippen LogP contribution < -0.4 is 22.3 Å². The number of nitrogen functional groups attached to an aromatic ring is 2. The van der Waals surface area contributed by atoms with Crippen molar-refractivity contribution in [2.24, 2.45) is 5.92 Å².